The number of aromatic amines is 1. The molecule has 1 saturated carbocycles. The average Bonchev–Trinajstić information content (AvgIpc) is 3.49. The molecule has 0 unspecified atom stereocenters. The van der Waals surface area contributed by atoms with Crippen LogP contribution < -0.4 is 4.90 Å². The Labute approximate surface area is 188 Å². The fraction of sp³-hybridized carbons (Fsp3) is 0.375. The maximum absolute atomic E-state index is 13.4. The van der Waals surface area contributed by atoms with E-state index in [2.05, 4.69) is 46.3 Å². The highest BCUT2D eigenvalue weighted by atomic mass is 32.2. The highest BCUT2D eigenvalue weighted by Gasteiger charge is 2.48. The van der Waals surface area contributed by atoms with Crippen molar-refractivity contribution in [2.75, 3.05) is 37.3 Å². The fourth-order valence-electron chi connectivity index (χ4n) is 4.83. The predicted octanol–water partition coefficient (Wildman–Crippen LogP) is 3.69. The van der Waals surface area contributed by atoms with Crippen LogP contribution in [0, 0.1) is 12.7 Å². The number of piperazine rings is 1. The summed E-state index contributed by atoms with van der Waals surface area (Å²) in [6.45, 7) is 4.47. The van der Waals surface area contributed by atoms with Crippen LogP contribution in [0.4, 0.5) is 10.1 Å². The summed E-state index contributed by atoms with van der Waals surface area (Å²) in [6.07, 6.45) is 3.32. The zero-order chi connectivity index (χ0) is 22.5. The van der Waals surface area contributed by atoms with Gasteiger partial charge in [-0.2, -0.15) is 9.40 Å². The number of H-pyrrole nitrogens is 1. The van der Waals surface area contributed by atoms with Gasteiger partial charge in [-0.3, -0.25) is 5.10 Å². The van der Waals surface area contributed by atoms with E-state index in [0.717, 1.165) is 46.6 Å². The smallest absolute Gasteiger partial charge is 0.211 e. The van der Waals surface area contributed by atoms with E-state index in [1.165, 1.54) is 22.7 Å². The molecule has 6 nitrogen and oxygen atoms in total. The van der Waals surface area contributed by atoms with Crippen molar-refractivity contribution in [3.63, 3.8) is 0 Å². The van der Waals surface area contributed by atoms with Gasteiger partial charge in [0.2, 0.25) is 10.0 Å². The fourth-order valence-corrected chi connectivity index (χ4v) is 5.66. The second kappa shape index (κ2) is 7.71. The lowest BCUT2D eigenvalue weighted by atomic mass is 9.89. The van der Waals surface area contributed by atoms with Crippen LogP contribution in [-0.2, 0) is 15.4 Å². The normalized spacial score (nSPS) is 18.7. The minimum atomic E-state index is -3.13. The van der Waals surface area contributed by atoms with Gasteiger partial charge in [-0.05, 0) is 55.2 Å². The molecule has 2 aromatic carbocycles. The van der Waals surface area contributed by atoms with E-state index in [9.17, 15) is 12.8 Å². The number of nitrogens with one attached hydrogen (secondary N) is 1. The van der Waals surface area contributed by atoms with Crippen LogP contribution in [0.25, 0.3) is 11.3 Å². The number of rotatable bonds is 5. The van der Waals surface area contributed by atoms with Gasteiger partial charge in [-0.25, -0.2) is 12.8 Å². The van der Waals surface area contributed by atoms with Crippen LogP contribution in [0.3, 0.4) is 0 Å². The van der Waals surface area contributed by atoms with Gasteiger partial charge in [-0.15, -0.1) is 0 Å². The van der Waals surface area contributed by atoms with Gasteiger partial charge in [0, 0.05) is 48.5 Å². The van der Waals surface area contributed by atoms with Gasteiger partial charge in [-0.1, -0.05) is 24.3 Å². The third-order valence-corrected chi connectivity index (χ3v) is 8.15. The maximum Gasteiger partial charge on any atom is 0.211 e. The van der Waals surface area contributed by atoms with Crippen LogP contribution >= 0.6 is 0 Å². The summed E-state index contributed by atoms with van der Waals surface area (Å²) < 4.78 is 38.4. The zero-order valence-electron chi connectivity index (χ0n) is 18.3. The van der Waals surface area contributed by atoms with Gasteiger partial charge >= 0.3 is 0 Å². The number of benzene rings is 2. The molecule has 3 aromatic rings. The lowest BCUT2D eigenvalue weighted by Gasteiger charge is -2.34. The zero-order valence-corrected chi connectivity index (χ0v) is 19.1. The van der Waals surface area contributed by atoms with Gasteiger partial charge < -0.3 is 4.90 Å². The first-order valence-corrected chi connectivity index (χ1v) is 12.7. The Morgan fingerprint density at radius 3 is 2.16 bits per heavy atom. The van der Waals surface area contributed by atoms with Gasteiger partial charge in [0.15, 0.2) is 0 Å². The summed E-state index contributed by atoms with van der Waals surface area (Å²) in [4.78, 5) is 2.21. The monoisotopic (exact) mass is 454 g/mol. The molecule has 1 saturated heterocycles. The molecule has 2 fully saturated rings. The number of anilines is 1. The number of halogens is 1. The largest absolute Gasteiger partial charge is 0.369 e. The lowest BCUT2D eigenvalue weighted by Crippen LogP contribution is -2.48. The molecule has 2 heterocycles. The Morgan fingerprint density at radius 2 is 1.59 bits per heavy atom. The first-order chi connectivity index (χ1) is 15.3. The first kappa shape index (κ1) is 21.2. The Balaban J connectivity index is 1.35. The summed E-state index contributed by atoms with van der Waals surface area (Å²) in [7, 11) is -3.13. The molecule has 1 N–H and O–H groups in total. The molecule has 2 aliphatic rings. The van der Waals surface area contributed by atoms with E-state index in [1.807, 2.05) is 12.1 Å². The number of hydrogen-bond acceptors (Lipinski definition) is 4. The van der Waals surface area contributed by atoms with E-state index < -0.39 is 10.0 Å². The van der Waals surface area contributed by atoms with Crippen molar-refractivity contribution < 1.29 is 12.8 Å². The molecule has 0 spiro atoms. The highest BCUT2D eigenvalue weighted by Crippen LogP contribution is 2.54. The molecule has 0 amide bonds. The van der Waals surface area contributed by atoms with Crippen molar-refractivity contribution in [1.82, 2.24) is 14.5 Å². The quantitative estimate of drug-likeness (QED) is 0.639. The summed E-state index contributed by atoms with van der Waals surface area (Å²) in [6, 6.07) is 15.1. The van der Waals surface area contributed by atoms with Crippen molar-refractivity contribution in [1.29, 1.82) is 0 Å². The molecule has 0 atom stereocenters. The van der Waals surface area contributed by atoms with Crippen molar-refractivity contribution >= 4 is 15.7 Å². The van der Waals surface area contributed by atoms with E-state index in [4.69, 9.17) is 0 Å². The van der Waals surface area contributed by atoms with Crippen molar-refractivity contribution in [2.45, 2.75) is 25.2 Å². The molecule has 5 rings (SSSR count). The average molecular weight is 455 g/mol. The van der Waals surface area contributed by atoms with Crippen molar-refractivity contribution in [3.05, 3.63) is 71.2 Å². The lowest BCUT2D eigenvalue weighted by molar-refractivity contribution is 0.388. The second-order valence-corrected chi connectivity index (χ2v) is 10.8. The third kappa shape index (κ3) is 3.71. The Hall–Kier alpha value is -2.71. The van der Waals surface area contributed by atoms with Crippen LogP contribution in [0.2, 0.25) is 0 Å². The molecular formula is C24H27FN4O2S. The summed E-state index contributed by atoms with van der Waals surface area (Å²) in [5, 5.41) is 7.90. The minimum absolute atomic E-state index is 0.0950. The van der Waals surface area contributed by atoms with Crippen molar-refractivity contribution in [3.8, 4) is 11.3 Å². The number of sulfonamides is 1. The molecule has 1 aromatic heterocycles. The van der Waals surface area contributed by atoms with Crippen molar-refractivity contribution in [2.24, 2.45) is 0 Å². The van der Waals surface area contributed by atoms with Gasteiger partial charge in [0.05, 0.1) is 11.9 Å². The molecule has 0 radical (unpaired) electrons. The number of nitrogens with zero attached hydrogens (tertiary/aromatic N) is 3. The second-order valence-electron chi connectivity index (χ2n) is 8.86. The SMILES string of the molecule is Cc1c(-c2ccc(N3CCN(S(C)(=O)=O)CC3)cc2)n[nH]c1C1(c2ccc(F)cc2)CC1. The highest BCUT2D eigenvalue weighted by molar-refractivity contribution is 7.88. The van der Waals surface area contributed by atoms with Gasteiger partial charge in [0.1, 0.15) is 5.82 Å². The summed E-state index contributed by atoms with van der Waals surface area (Å²) in [5.41, 5.74) is 6.32. The van der Waals surface area contributed by atoms with Crippen LogP contribution in [0.15, 0.2) is 48.5 Å². The van der Waals surface area contributed by atoms with E-state index >= 15 is 0 Å². The van der Waals surface area contributed by atoms with Crippen LogP contribution in [0.1, 0.15) is 29.7 Å². The topological polar surface area (TPSA) is 69.3 Å². The Morgan fingerprint density at radius 1 is 0.969 bits per heavy atom. The minimum Gasteiger partial charge on any atom is -0.369 e. The molecule has 1 aliphatic carbocycles. The van der Waals surface area contributed by atoms with E-state index in [1.54, 1.807) is 0 Å². The first-order valence-electron chi connectivity index (χ1n) is 10.9. The standard InChI is InChI=1S/C24H27FN4O2S/c1-17-22(26-27-23(17)24(11-12-24)19-5-7-20(25)8-6-19)18-3-9-21(10-4-18)28-13-15-29(16-14-28)32(2,30)31/h3-10H,11-16H2,1-2H3,(H,26,27). The van der Waals surface area contributed by atoms with Crippen LogP contribution in [-0.4, -0.2) is 55.4 Å². The van der Waals surface area contributed by atoms with E-state index in [0.29, 0.717) is 26.2 Å². The molecular weight excluding hydrogens is 427 g/mol. The van der Waals surface area contributed by atoms with Gasteiger partial charge in [0.25, 0.3) is 0 Å². The molecule has 32 heavy (non-hydrogen) atoms. The molecule has 0 bridgehead atoms. The summed E-state index contributed by atoms with van der Waals surface area (Å²) >= 11 is 0. The Bertz CT molecular complexity index is 1220. The maximum atomic E-state index is 13.4. The third-order valence-electron chi connectivity index (χ3n) is 6.85. The number of aromatic nitrogens is 2. The Kier molecular flexibility index (Phi) is 5.09. The van der Waals surface area contributed by atoms with Crippen LogP contribution in [0.5, 0.6) is 0 Å². The predicted molar refractivity (Wildman–Crippen MR) is 124 cm³/mol. The van der Waals surface area contributed by atoms with E-state index in [-0.39, 0.29) is 11.2 Å². The summed E-state index contributed by atoms with van der Waals surface area (Å²) in [5.74, 6) is -0.218. The number of hydrogen-bond donors (Lipinski definition) is 1. The molecule has 168 valence electrons. The molecule has 8 heteroatoms. The molecule has 1 aliphatic heterocycles.